The third-order valence-electron chi connectivity index (χ3n) is 2.45. The van der Waals surface area contributed by atoms with Crippen molar-refractivity contribution in [1.82, 2.24) is 15.5 Å². The number of nitrogens with zero attached hydrogens (tertiary/aromatic N) is 2. The molecule has 0 spiro atoms. The number of aromatic nitrogens is 2. The zero-order chi connectivity index (χ0) is 13.8. The molecule has 0 aliphatic heterocycles. The van der Waals surface area contributed by atoms with Crippen LogP contribution in [-0.4, -0.2) is 23.3 Å². The van der Waals surface area contributed by atoms with Gasteiger partial charge in [0.15, 0.2) is 5.01 Å². The van der Waals surface area contributed by atoms with E-state index in [9.17, 15) is 8.78 Å². The Hall–Kier alpha value is -0.920. The van der Waals surface area contributed by atoms with E-state index in [-0.39, 0.29) is 10.6 Å². The van der Waals surface area contributed by atoms with E-state index in [1.165, 1.54) is 23.5 Å². The molecule has 0 fully saturated rings. The Morgan fingerprint density at radius 2 is 1.95 bits per heavy atom. The van der Waals surface area contributed by atoms with Gasteiger partial charge in [-0.3, -0.25) is 0 Å². The molecule has 3 nitrogen and oxygen atoms in total. The second-order valence-electron chi connectivity index (χ2n) is 3.85. The molecule has 0 saturated heterocycles. The van der Waals surface area contributed by atoms with Crippen molar-refractivity contribution < 1.29 is 8.78 Å². The number of hydrogen-bond donors (Lipinski definition) is 1. The molecule has 7 heteroatoms. The van der Waals surface area contributed by atoms with Crippen LogP contribution < -0.4 is 5.32 Å². The van der Waals surface area contributed by atoms with Gasteiger partial charge in [0.1, 0.15) is 16.6 Å². The van der Waals surface area contributed by atoms with Crippen molar-refractivity contribution >= 4 is 27.3 Å². The third kappa shape index (κ3) is 3.55. The Bertz CT molecular complexity index is 551. The molecule has 0 radical (unpaired) electrons. The molecule has 0 saturated carbocycles. The minimum absolute atomic E-state index is 0.115. The van der Waals surface area contributed by atoms with Gasteiger partial charge in [0.25, 0.3) is 0 Å². The fraction of sp³-hybridized carbons (Fsp3) is 0.333. The lowest BCUT2D eigenvalue weighted by molar-refractivity contribution is 0.587. The van der Waals surface area contributed by atoms with Gasteiger partial charge in [-0.25, -0.2) is 8.78 Å². The molecule has 1 aromatic heterocycles. The van der Waals surface area contributed by atoms with E-state index in [1.54, 1.807) is 0 Å². The fourth-order valence-corrected chi connectivity index (χ4v) is 2.86. The molecule has 102 valence electrons. The molecule has 2 aromatic rings. The second-order valence-corrected chi connectivity index (χ2v) is 5.83. The Labute approximate surface area is 122 Å². The molecule has 19 heavy (non-hydrogen) atoms. The maximum atomic E-state index is 13.8. The van der Waals surface area contributed by atoms with Crippen LogP contribution in [0.3, 0.4) is 0 Å². The molecule has 1 aromatic carbocycles. The summed E-state index contributed by atoms with van der Waals surface area (Å²) in [6.07, 6.45) is 0.700. The number of halogens is 3. The first-order chi connectivity index (χ1) is 9.11. The highest BCUT2D eigenvalue weighted by atomic mass is 79.9. The van der Waals surface area contributed by atoms with Gasteiger partial charge in [-0.05, 0) is 18.7 Å². The van der Waals surface area contributed by atoms with E-state index < -0.39 is 11.6 Å². The molecule has 2 rings (SSSR count). The molecule has 0 aliphatic carbocycles. The molecule has 0 bridgehead atoms. The van der Waals surface area contributed by atoms with E-state index in [0.29, 0.717) is 10.9 Å². The Morgan fingerprint density at radius 3 is 2.58 bits per heavy atom. The van der Waals surface area contributed by atoms with E-state index >= 15 is 0 Å². The predicted octanol–water partition coefficient (Wildman–Crippen LogP) is 3.40. The largest absolute Gasteiger partial charge is 0.317 e. The van der Waals surface area contributed by atoms with Crippen LogP contribution in [-0.2, 0) is 6.42 Å². The smallest absolute Gasteiger partial charge is 0.153 e. The van der Waals surface area contributed by atoms with Crippen LogP contribution in [0.1, 0.15) is 11.9 Å². The number of benzene rings is 1. The van der Waals surface area contributed by atoms with Crippen molar-refractivity contribution in [2.45, 2.75) is 13.3 Å². The first kappa shape index (κ1) is 14.5. The lowest BCUT2D eigenvalue weighted by atomic mass is 10.2. The number of rotatable bonds is 5. The number of nitrogens with one attached hydrogen (secondary N) is 1. The van der Waals surface area contributed by atoms with E-state index in [4.69, 9.17) is 0 Å². The molecule has 0 unspecified atom stereocenters. The zero-order valence-electron chi connectivity index (χ0n) is 10.2. The highest BCUT2D eigenvalue weighted by Crippen LogP contribution is 2.31. The van der Waals surface area contributed by atoms with E-state index in [0.717, 1.165) is 18.1 Å². The van der Waals surface area contributed by atoms with Gasteiger partial charge in [-0.15, -0.1) is 10.2 Å². The van der Waals surface area contributed by atoms with Gasteiger partial charge in [0.05, 0.1) is 5.56 Å². The fourth-order valence-electron chi connectivity index (χ4n) is 1.57. The van der Waals surface area contributed by atoms with Crippen LogP contribution in [0.2, 0.25) is 0 Å². The van der Waals surface area contributed by atoms with Gasteiger partial charge in [-0.2, -0.15) is 0 Å². The summed E-state index contributed by atoms with van der Waals surface area (Å²) < 4.78 is 27.9. The van der Waals surface area contributed by atoms with Gasteiger partial charge < -0.3 is 5.32 Å². The Morgan fingerprint density at radius 1 is 1.26 bits per heavy atom. The quantitative estimate of drug-likeness (QED) is 0.842. The summed E-state index contributed by atoms with van der Waals surface area (Å²) in [6, 6.07) is 2.44. The van der Waals surface area contributed by atoms with Crippen molar-refractivity contribution in [3.63, 3.8) is 0 Å². The average molecular weight is 348 g/mol. The van der Waals surface area contributed by atoms with Crippen LogP contribution in [0.25, 0.3) is 10.6 Å². The van der Waals surface area contributed by atoms with Crippen LogP contribution in [0.15, 0.2) is 16.6 Å². The maximum Gasteiger partial charge on any atom is 0.153 e. The Kier molecular flexibility index (Phi) is 4.95. The maximum absolute atomic E-state index is 13.8. The van der Waals surface area contributed by atoms with Gasteiger partial charge in [0, 0.05) is 17.4 Å². The van der Waals surface area contributed by atoms with Crippen LogP contribution in [0.4, 0.5) is 8.78 Å². The number of hydrogen-bond acceptors (Lipinski definition) is 4. The molecule has 1 heterocycles. The zero-order valence-corrected chi connectivity index (χ0v) is 12.6. The molecular formula is C12H12BrF2N3S. The molecule has 0 amide bonds. The summed E-state index contributed by atoms with van der Waals surface area (Å²) >= 11 is 4.26. The minimum atomic E-state index is -0.638. The minimum Gasteiger partial charge on any atom is -0.317 e. The van der Waals surface area contributed by atoms with Crippen molar-refractivity contribution in [1.29, 1.82) is 0 Å². The predicted molar refractivity (Wildman–Crippen MR) is 75.2 cm³/mol. The van der Waals surface area contributed by atoms with Crippen LogP contribution in [0, 0.1) is 11.6 Å². The van der Waals surface area contributed by atoms with Crippen molar-refractivity contribution in [3.05, 3.63) is 33.2 Å². The third-order valence-corrected chi connectivity index (χ3v) is 3.91. The summed E-state index contributed by atoms with van der Waals surface area (Å²) in [5.74, 6) is -1.28. The monoisotopic (exact) mass is 347 g/mol. The standard InChI is InChI=1S/C12H12BrF2N3S/c1-2-16-4-3-10-17-18-12(19-10)11-8(14)5-7(13)6-9(11)15/h5-6,16H,2-4H2,1H3. The molecule has 0 aliphatic rings. The lowest BCUT2D eigenvalue weighted by Crippen LogP contribution is -2.15. The van der Waals surface area contributed by atoms with Crippen LogP contribution in [0.5, 0.6) is 0 Å². The summed E-state index contributed by atoms with van der Waals surface area (Å²) in [5, 5.41) is 12.0. The van der Waals surface area contributed by atoms with Gasteiger partial charge in [0.2, 0.25) is 0 Å². The Balaban J connectivity index is 2.23. The molecule has 1 N–H and O–H groups in total. The lowest BCUT2D eigenvalue weighted by Gasteiger charge is -2.01. The average Bonchev–Trinajstić information content (AvgIpc) is 2.76. The topological polar surface area (TPSA) is 37.8 Å². The van der Waals surface area contributed by atoms with Crippen molar-refractivity contribution in [2.75, 3.05) is 13.1 Å². The summed E-state index contributed by atoms with van der Waals surface area (Å²) in [4.78, 5) is 0. The van der Waals surface area contributed by atoms with Crippen molar-refractivity contribution in [2.24, 2.45) is 0 Å². The summed E-state index contributed by atoms with van der Waals surface area (Å²) in [5.41, 5.74) is -0.115. The second kappa shape index (κ2) is 6.49. The van der Waals surface area contributed by atoms with Gasteiger partial charge >= 0.3 is 0 Å². The summed E-state index contributed by atoms with van der Waals surface area (Å²) in [6.45, 7) is 3.66. The highest BCUT2D eigenvalue weighted by molar-refractivity contribution is 9.10. The molecular weight excluding hydrogens is 336 g/mol. The van der Waals surface area contributed by atoms with Crippen molar-refractivity contribution in [3.8, 4) is 10.6 Å². The first-order valence-electron chi connectivity index (χ1n) is 5.79. The normalized spacial score (nSPS) is 10.9. The summed E-state index contributed by atoms with van der Waals surface area (Å²) in [7, 11) is 0. The molecule has 0 atom stereocenters. The van der Waals surface area contributed by atoms with Gasteiger partial charge in [-0.1, -0.05) is 34.2 Å². The highest BCUT2D eigenvalue weighted by Gasteiger charge is 2.17. The first-order valence-corrected chi connectivity index (χ1v) is 7.40. The van der Waals surface area contributed by atoms with Crippen LogP contribution >= 0.6 is 27.3 Å². The SMILES string of the molecule is CCNCCc1nnc(-c2c(F)cc(Br)cc2F)s1. The number of likely N-dealkylation sites (N-methyl/N-ethyl adjacent to an activating group) is 1. The van der Waals surface area contributed by atoms with E-state index in [1.807, 2.05) is 6.92 Å². The van der Waals surface area contributed by atoms with E-state index in [2.05, 4.69) is 31.4 Å².